The smallest absolute Gasteiger partial charge is 0.271 e. The minimum absolute atomic E-state index is 0.118. The Hall–Kier alpha value is -2.97. The third-order valence-electron chi connectivity index (χ3n) is 4.28. The van der Waals surface area contributed by atoms with E-state index in [0.29, 0.717) is 11.3 Å². The first kappa shape index (κ1) is 14.6. The van der Waals surface area contributed by atoms with Gasteiger partial charge >= 0.3 is 0 Å². The predicted octanol–water partition coefficient (Wildman–Crippen LogP) is 0.485. The highest BCUT2D eigenvalue weighted by molar-refractivity contribution is 5.92. The zero-order valence-electron chi connectivity index (χ0n) is 13.3. The highest BCUT2D eigenvalue weighted by Crippen LogP contribution is 2.23. The number of rotatable bonds is 3. The highest BCUT2D eigenvalue weighted by atomic mass is 16.2. The summed E-state index contributed by atoms with van der Waals surface area (Å²) >= 11 is 0. The number of carbonyl (C=O) groups is 1. The Bertz CT molecular complexity index is 861. The van der Waals surface area contributed by atoms with Gasteiger partial charge in [0.05, 0.1) is 6.33 Å². The van der Waals surface area contributed by atoms with Crippen LogP contribution in [0.4, 0.5) is 5.82 Å². The second-order valence-corrected chi connectivity index (χ2v) is 5.91. The van der Waals surface area contributed by atoms with E-state index in [9.17, 15) is 4.79 Å². The quantitative estimate of drug-likeness (QED) is 0.725. The number of imidazole rings is 1. The summed E-state index contributed by atoms with van der Waals surface area (Å²) in [7, 11) is 1.80. The molecule has 4 rings (SSSR count). The molecule has 0 aromatic carbocycles. The van der Waals surface area contributed by atoms with Crippen LogP contribution in [0.1, 0.15) is 23.3 Å². The maximum absolute atomic E-state index is 12.2. The fourth-order valence-electron chi connectivity index (χ4n) is 3.02. The fourth-order valence-corrected chi connectivity index (χ4v) is 3.02. The first-order chi connectivity index (χ1) is 11.7. The summed E-state index contributed by atoms with van der Waals surface area (Å²) in [5.41, 5.74) is 1.98. The van der Waals surface area contributed by atoms with Crippen molar-refractivity contribution in [1.29, 1.82) is 0 Å². The number of H-pyrrole nitrogens is 1. The molecule has 1 fully saturated rings. The largest absolute Gasteiger partial charge is 0.355 e. The van der Waals surface area contributed by atoms with E-state index in [4.69, 9.17) is 0 Å². The van der Waals surface area contributed by atoms with Crippen molar-refractivity contribution in [3.63, 3.8) is 0 Å². The highest BCUT2D eigenvalue weighted by Gasteiger charge is 2.24. The minimum Gasteiger partial charge on any atom is -0.355 e. The lowest BCUT2D eigenvalue weighted by molar-refractivity contribution is 0.0925. The van der Waals surface area contributed by atoms with Gasteiger partial charge in [-0.1, -0.05) is 0 Å². The van der Waals surface area contributed by atoms with Crippen LogP contribution in [0.2, 0.25) is 0 Å². The average molecular weight is 326 g/mol. The molecule has 1 saturated heterocycles. The molecule has 0 aliphatic carbocycles. The molecule has 2 N–H and O–H groups in total. The van der Waals surface area contributed by atoms with Crippen molar-refractivity contribution in [2.75, 3.05) is 18.0 Å². The van der Waals surface area contributed by atoms with Crippen LogP contribution in [0.3, 0.4) is 0 Å². The first-order valence-electron chi connectivity index (χ1n) is 7.90. The number of hydrogen-bond acceptors (Lipinski definition) is 6. The molecule has 3 aromatic rings. The number of aromatic amines is 1. The number of piperidine rings is 1. The van der Waals surface area contributed by atoms with E-state index in [1.54, 1.807) is 30.3 Å². The molecule has 0 spiro atoms. The first-order valence-corrected chi connectivity index (χ1v) is 7.90. The summed E-state index contributed by atoms with van der Waals surface area (Å²) in [6.07, 6.45) is 6.65. The summed E-state index contributed by atoms with van der Waals surface area (Å²) in [5.74, 6) is 0.749. The van der Waals surface area contributed by atoms with Gasteiger partial charge < -0.3 is 15.2 Å². The predicted molar refractivity (Wildman–Crippen MR) is 87.6 cm³/mol. The second-order valence-electron chi connectivity index (χ2n) is 5.91. The maximum atomic E-state index is 12.2. The number of amides is 1. The molecule has 9 heteroatoms. The van der Waals surface area contributed by atoms with Gasteiger partial charge in [0, 0.05) is 32.4 Å². The standard InChI is InChI=1S/C15H18N8O/c1-22-5-4-11(21-22)15(24)20-10-2-6-23(7-3-10)14-12-13(17-8-16-12)18-9-19-14/h4-5,8-10H,2-3,6-7H2,1H3,(H,20,24)(H,16,17,18,19). The van der Waals surface area contributed by atoms with Crippen molar-refractivity contribution in [2.45, 2.75) is 18.9 Å². The summed E-state index contributed by atoms with van der Waals surface area (Å²) in [6, 6.07) is 1.87. The number of nitrogens with one attached hydrogen (secondary N) is 2. The molecule has 9 nitrogen and oxygen atoms in total. The number of nitrogens with zero attached hydrogens (tertiary/aromatic N) is 6. The Morgan fingerprint density at radius 3 is 2.88 bits per heavy atom. The Morgan fingerprint density at radius 2 is 2.12 bits per heavy atom. The van der Waals surface area contributed by atoms with Crippen molar-refractivity contribution in [3.05, 3.63) is 30.6 Å². The van der Waals surface area contributed by atoms with Gasteiger partial charge in [0.1, 0.15) is 17.5 Å². The Balaban J connectivity index is 1.40. The third kappa shape index (κ3) is 2.68. The number of carbonyl (C=O) groups excluding carboxylic acids is 1. The van der Waals surface area contributed by atoms with Gasteiger partial charge in [-0.3, -0.25) is 9.48 Å². The zero-order chi connectivity index (χ0) is 16.5. The lowest BCUT2D eigenvalue weighted by Crippen LogP contribution is -2.45. The molecule has 1 aliphatic heterocycles. The zero-order valence-corrected chi connectivity index (χ0v) is 13.3. The number of anilines is 1. The number of aromatic nitrogens is 6. The lowest BCUT2D eigenvalue weighted by atomic mass is 10.0. The van der Waals surface area contributed by atoms with E-state index in [2.05, 4.69) is 35.3 Å². The van der Waals surface area contributed by atoms with Crippen molar-refractivity contribution in [3.8, 4) is 0 Å². The van der Waals surface area contributed by atoms with Gasteiger partial charge in [0.2, 0.25) is 0 Å². The van der Waals surface area contributed by atoms with Crippen molar-refractivity contribution >= 4 is 22.9 Å². The van der Waals surface area contributed by atoms with E-state index in [0.717, 1.165) is 37.3 Å². The second kappa shape index (κ2) is 5.91. The number of aryl methyl sites for hydroxylation is 1. The Labute approximate surface area is 138 Å². The van der Waals surface area contributed by atoms with E-state index in [1.165, 1.54) is 6.33 Å². The van der Waals surface area contributed by atoms with Crippen LogP contribution in [-0.2, 0) is 7.05 Å². The molecule has 0 atom stereocenters. The van der Waals surface area contributed by atoms with Crippen molar-refractivity contribution < 1.29 is 4.79 Å². The van der Waals surface area contributed by atoms with E-state index < -0.39 is 0 Å². The summed E-state index contributed by atoms with van der Waals surface area (Å²) < 4.78 is 1.63. The van der Waals surface area contributed by atoms with E-state index in [-0.39, 0.29) is 11.9 Å². The van der Waals surface area contributed by atoms with Gasteiger partial charge in [-0.15, -0.1) is 0 Å². The number of hydrogen-bond donors (Lipinski definition) is 2. The molecular formula is C15H18N8O. The fraction of sp³-hybridized carbons (Fsp3) is 0.400. The van der Waals surface area contributed by atoms with Gasteiger partial charge in [0.25, 0.3) is 5.91 Å². The lowest BCUT2D eigenvalue weighted by Gasteiger charge is -2.33. The van der Waals surface area contributed by atoms with Crippen molar-refractivity contribution in [2.24, 2.45) is 7.05 Å². The summed E-state index contributed by atoms with van der Waals surface area (Å²) in [5, 5.41) is 7.19. The molecule has 0 radical (unpaired) electrons. The van der Waals surface area contributed by atoms with Crippen LogP contribution in [0.5, 0.6) is 0 Å². The van der Waals surface area contributed by atoms with Crippen molar-refractivity contribution in [1.82, 2.24) is 35.0 Å². The minimum atomic E-state index is -0.118. The van der Waals surface area contributed by atoms with Gasteiger partial charge in [0.15, 0.2) is 11.5 Å². The Kier molecular flexibility index (Phi) is 3.60. The van der Waals surface area contributed by atoms with Gasteiger partial charge in [-0.05, 0) is 18.9 Å². The van der Waals surface area contributed by atoms with Crippen LogP contribution >= 0.6 is 0 Å². The molecule has 4 heterocycles. The molecule has 24 heavy (non-hydrogen) atoms. The van der Waals surface area contributed by atoms with Crippen LogP contribution < -0.4 is 10.2 Å². The molecule has 1 aliphatic rings. The molecule has 0 saturated carbocycles. The molecule has 1 amide bonds. The molecule has 0 unspecified atom stereocenters. The van der Waals surface area contributed by atoms with Crippen LogP contribution in [-0.4, -0.2) is 54.8 Å². The van der Waals surface area contributed by atoms with E-state index >= 15 is 0 Å². The number of fused-ring (bicyclic) bond motifs is 1. The SMILES string of the molecule is Cn1ccc(C(=O)NC2CCN(c3ncnc4nc[nH]c34)CC2)n1. The molecular weight excluding hydrogens is 308 g/mol. The summed E-state index contributed by atoms with van der Waals surface area (Å²) in [4.78, 5) is 30.2. The van der Waals surface area contributed by atoms with Crippen LogP contribution in [0, 0.1) is 0 Å². The average Bonchev–Trinajstić information content (AvgIpc) is 3.24. The molecule has 3 aromatic heterocycles. The monoisotopic (exact) mass is 326 g/mol. The topological polar surface area (TPSA) is 105 Å². The van der Waals surface area contributed by atoms with Gasteiger partial charge in [-0.25, -0.2) is 15.0 Å². The van der Waals surface area contributed by atoms with Crippen LogP contribution in [0.25, 0.3) is 11.2 Å². The molecule has 0 bridgehead atoms. The third-order valence-corrected chi connectivity index (χ3v) is 4.28. The van der Waals surface area contributed by atoms with Gasteiger partial charge in [-0.2, -0.15) is 5.10 Å². The Morgan fingerprint density at radius 1 is 1.29 bits per heavy atom. The summed E-state index contributed by atoms with van der Waals surface area (Å²) in [6.45, 7) is 1.64. The maximum Gasteiger partial charge on any atom is 0.271 e. The van der Waals surface area contributed by atoms with Crippen LogP contribution in [0.15, 0.2) is 24.9 Å². The normalized spacial score (nSPS) is 15.8. The van der Waals surface area contributed by atoms with E-state index in [1.807, 2.05) is 0 Å². The molecule has 124 valence electrons.